The molecular formula is C19H27N5O3S2. The second-order valence-electron chi connectivity index (χ2n) is 7.28. The zero-order valence-corrected chi connectivity index (χ0v) is 18.8. The third-order valence-electron chi connectivity index (χ3n) is 4.67. The molecule has 0 bridgehead atoms. The predicted octanol–water partition coefficient (Wildman–Crippen LogP) is 2.44. The number of hydrogen-bond donors (Lipinski definition) is 2. The molecule has 0 saturated carbocycles. The number of thiazole rings is 1. The lowest BCUT2D eigenvalue weighted by Gasteiger charge is -2.34. The number of aromatic amines is 1. The van der Waals surface area contributed by atoms with Gasteiger partial charge < -0.3 is 15.0 Å². The molecule has 29 heavy (non-hydrogen) atoms. The van der Waals surface area contributed by atoms with Gasteiger partial charge in [0.2, 0.25) is 5.91 Å². The maximum absolute atomic E-state index is 12.3. The van der Waals surface area contributed by atoms with Crippen LogP contribution in [0.4, 0.5) is 5.13 Å². The number of aromatic nitrogens is 3. The number of nitrogens with zero attached hydrogens (tertiary/aromatic N) is 3. The minimum absolute atomic E-state index is 0.160. The van der Waals surface area contributed by atoms with Crippen molar-refractivity contribution in [1.82, 2.24) is 19.9 Å². The second-order valence-corrected chi connectivity index (χ2v) is 8.94. The third kappa shape index (κ3) is 6.11. The smallest absolute Gasteiger partial charge is 0.254 e. The summed E-state index contributed by atoms with van der Waals surface area (Å²) in [6.07, 6.45) is 2.83. The molecule has 10 heteroatoms. The monoisotopic (exact) mass is 437 g/mol. The summed E-state index contributed by atoms with van der Waals surface area (Å²) in [6.45, 7) is 8.44. The van der Waals surface area contributed by atoms with Crippen LogP contribution < -0.4 is 10.9 Å². The number of H-pyrrole nitrogens is 1. The minimum atomic E-state index is -0.180. The summed E-state index contributed by atoms with van der Waals surface area (Å²) in [5, 5.41) is 5.98. The Balaban J connectivity index is 1.52. The summed E-state index contributed by atoms with van der Waals surface area (Å²) in [5.74, 6) is -0.160. The van der Waals surface area contributed by atoms with Crippen LogP contribution in [0.2, 0.25) is 0 Å². The summed E-state index contributed by atoms with van der Waals surface area (Å²) >= 11 is 2.80. The fourth-order valence-electron chi connectivity index (χ4n) is 3.48. The topological polar surface area (TPSA) is 100 Å². The lowest BCUT2D eigenvalue weighted by molar-refractivity contribution is -0.116. The molecule has 2 aromatic rings. The number of nitrogens with one attached hydrogen (secondary N) is 2. The van der Waals surface area contributed by atoms with Gasteiger partial charge in [0, 0.05) is 42.7 Å². The van der Waals surface area contributed by atoms with E-state index in [9.17, 15) is 9.59 Å². The summed E-state index contributed by atoms with van der Waals surface area (Å²) in [7, 11) is 0. The van der Waals surface area contributed by atoms with Crippen molar-refractivity contribution in [2.24, 2.45) is 0 Å². The molecule has 1 amide bonds. The van der Waals surface area contributed by atoms with Crippen LogP contribution in [0.15, 0.2) is 15.3 Å². The van der Waals surface area contributed by atoms with Crippen LogP contribution in [0.3, 0.4) is 0 Å². The average molecular weight is 438 g/mol. The molecule has 2 aromatic heterocycles. The van der Waals surface area contributed by atoms with Gasteiger partial charge in [0.05, 0.1) is 17.9 Å². The number of ether oxygens (including phenoxy) is 1. The summed E-state index contributed by atoms with van der Waals surface area (Å²) in [4.78, 5) is 38.4. The Morgan fingerprint density at radius 3 is 2.76 bits per heavy atom. The van der Waals surface area contributed by atoms with Crippen LogP contribution in [0.25, 0.3) is 0 Å². The molecule has 2 atom stereocenters. The zero-order valence-electron chi connectivity index (χ0n) is 17.2. The molecular weight excluding hydrogens is 410 g/mol. The highest BCUT2D eigenvalue weighted by Gasteiger charge is 2.22. The highest BCUT2D eigenvalue weighted by atomic mass is 32.2. The Bertz CT molecular complexity index is 903. The average Bonchev–Trinajstić information content (AvgIpc) is 3.06. The van der Waals surface area contributed by atoms with Crippen molar-refractivity contribution in [2.45, 2.75) is 57.5 Å². The largest absolute Gasteiger partial charge is 0.373 e. The molecule has 0 radical (unpaired) electrons. The van der Waals surface area contributed by atoms with Gasteiger partial charge in [-0.25, -0.2) is 9.97 Å². The fourth-order valence-corrected chi connectivity index (χ4v) is 4.62. The highest BCUT2D eigenvalue weighted by molar-refractivity contribution is 7.98. The van der Waals surface area contributed by atoms with Crippen LogP contribution in [-0.2, 0) is 22.5 Å². The van der Waals surface area contributed by atoms with Crippen molar-refractivity contribution in [3.05, 3.63) is 32.7 Å². The Morgan fingerprint density at radius 2 is 2.10 bits per heavy atom. The zero-order chi connectivity index (χ0) is 21.0. The first kappa shape index (κ1) is 21.9. The molecule has 0 aliphatic carbocycles. The van der Waals surface area contributed by atoms with Crippen LogP contribution in [0, 0.1) is 6.92 Å². The molecule has 2 N–H and O–H groups in total. The SMILES string of the molecule is CSc1nc(C)c(CCC(=O)Nc2nc(CN3CC(C)OC(C)C3)cs2)c(=O)[nH]1. The van der Waals surface area contributed by atoms with E-state index in [0.29, 0.717) is 28.0 Å². The number of rotatable bonds is 7. The van der Waals surface area contributed by atoms with E-state index in [-0.39, 0.29) is 30.1 Å². The molecule has 0 spiro atoms. The van der Waals surface area contributed by atoms with Crippen molar-refractivity contribution in [1.29, 1.82) is 0 Å². The molecule has 8 nitrogen and oxygen atoms in total. The van der Waals surface area contributed by atoms with Gasteiger partial charge in [-0.2, -0.15) is 0 Å². The molecule has 158 valence electrons. The van der Waals surface area contributed by atoms with Crippen molar-refractivity contribution in [3.8, 4) is 0 Å². The Hall–Kier alpha value is -1.75. The number of anilines is 1. The number of thioether (sulfide) groups is 1. The molecule has 1 saturated heterocycles. The quantitative estimate of drug-likeness (QED) is 0.507. The van der Waals surface area contributed by atoms with Crippen LogP contribution in [-0.4, -0.2) is 57.3 Å². The maximum atomic E-state index is 12.3. The van der Waals surface area contributed by atoms with Crippen molar-refractivity contribution >= 4 is 34.1 Å². The van der Waals surface area contributed by atoms with Crippen LogP contribution in [0.1, 0.15) is 37.2 Å². The molecule has 2 unspecified atom stereocenters. The van der Waals surface area contributed by atoms with E-state index in [1.54, 1.807) is 6.92 Å². The van der Waals surface area contributed by atoms with Crippen LogP contribution in [0.5, 0.6) is 0 Å². The molecule has 1 aliphatic heterocycles. The summed E-state index contributed by atoms with van der Waals surface area (Å²) < 4.78 is 5.76. The Labute approximate surface area is 178 Å². The molecule has 1 aliphatic rings. The van der Waals surface area contributed by atoms with E-state index >= 15 is 0 Å². The van der Waals surface area contributed by atoms with Crippen LogP contribution >= 0.6 is 23.1 Å². The van der Waals surface area contributed by atoms with Crippen molar-refractivity contribution in [3.63, 3.8) is 0 Å². The van der Waals surface area contributed by atoms with E-state index in [2.05, 4.69) is 39.0 Å². The number of amides is 1. The number of carbonyl (C=O) groups excluding carboxylic acids is 1. The van der Waals surface area contributed by atoms with Gasteiger partial charge in [0.1, 0.15) is 0 Å². The third-order valence-corrected chi connectivity index (χ3v) is 6.06. The van der Waals surface area contributed by atoms with E-state index in [0.717, 1.165) is 25.3 Å². The second kappa shape index (κ2) is 9.84. The van der Waals surface area contributed by atoms with E-state index in [1.165, 1.54) is 23.1 Å². The number of aryl methyl sites for hydroxylation is 1. The lowest BCUT2D eigenvalue weighted by Crippen LogP contribution is -2.44. The first-order valence-electron chi connectivity index (χ1n) is 9.60. The predicted molar refractivity (Wildman–Crippen MR) is 116 cm³/mol. The Morgan fingerprint density at radius 1 is 1.38 bits per heavy atom. The van der Waals surface area contributed by atoms with Crippen molar-refractivity contribution in [2.75, 3.05) is 24.7 Å². The molecule has 1 fully saturated rings. The molecule has 0 aromatic carbocycles. The van der Waals surface area contributed by atoms with Crippen molar-refractivity contribution < 1.29 is 9.53 Å². The minimum Gasteiger partial charge on any atom is -0.373 e. The van der Waals surface area contributed by atoms with Gasteiger partial charge in [-0.05, 0) is 33.4 Å². The van der Waals surface area contributed by atoms with E-state index in [1.807, 2.05) is 11.6 Å². The van der Waals surface area contributed by atoms with Gasteiger partial charge >= 0.3 is 0 Å². The molecule has 3 rings (SSSR count). The lowest BCUT2D eigenvalue weighted by atomic mass is 10.1. The van der Waals surface area contributed by atoms with Gasteiger partial charge in [0.25, 0.3) is 5.56 Å². The summed E-state index contributed by atoms with van der Waals surface area (Å²) in [6, 6.07) is 0. The Kier molecular flexibility index (Phi) is 7.44. The number of hydrogen-bond acceptors (Lipinski definition) is 8. The maximum Gasteiger partial charge on any atom is 0.254 e. The fraction of sp³-hybridized carbons (Fsp3) is 0.579. The van der Waals surface area contributed by atoms with Gasteiger partial charge in [-0.1, -0.05) is 11.8 Å². The molecule has 3 heterocycles. The van der Waals surface area contributed by atoms with E-state index in [4.69, 9.17) is 4.74 Å². The first-order valence-corrected chi connectivity index (χ1v) is 11.7. The highest BCUT2D eigenvalue weighted by Crippen LogP contribution is 2.19. The van der Waals surface area contributed by atoms with Gasteiger partial charge in [0.15, 0.2) is 10.3 Å². The number of morpholine rings is 1. The standard InChI is InChI=1S/C19H27N5O3S2/c1-11-7-24(8-12(2)27-11)9-14-10-29-19(21-14)22-16(25)6-5-15-13(3)20-18(28-4)23-17(15)26/h10-12H,5-9H2,1-4H3,(H,20,23,26)(H,21,22,25). The van der Waals surface area contributed by atoms with E-state index < -0.39 is 0 Å². The number of carbonyl (C=O) groups is 1. The van der Waals surface area contributed by atoms with Gasteiger partial charge in [-0.15, -0.1) is 11.3 Å². The summed E-state index contributed by atoms with van der Waals surface area (Å²) in [5.41, 5.74) is 1.97. The first-order chi connectivity index (χ1) is 13.8. The van der Waals surface area contributed by atoms with Gasteiger partial charge in [-0.3, -0.25) is 14.5 Å². The normalized spacial score (nSPS) is 20.0.